The van der Waals surface area contributed by atoms with Gasteiger partial charge >= 0.3 is 18.0 Å². The first kappa shape index (κ1) is 25.5. The highest BCUT2D eigenvalue weighted by atomic mass is 16.6. The van der Waals surface area contributed by atoms with Gasteiger partial charge in [0.25, 0.3) is 0 Å². The number of rotatable bonds is 8. The van der Waals surface area contributed by atoms with Crippen molar-refractivity contribution >= 4 is 23.9 Å². The highest BCUT2D eigenvalue weighted by molar-refractivity contribution is 5.86. The van der Waals surface area contributed by atoms with Crippen LogP contribution in [-0.4, -0.2) is 82.9 Å². The first-order valence-corrected chi connectivity index (χ1v) is 11.6. The number of amides is 2. The van der Waals surface area contributed by atoms with Crippen molar-refractivity contribution in [2.45, 2.75) is 69.8 Å². The monoisotopic (exact) mass is 475 g/mol. The number of nitrogens with zero attached hydrogens (tertiary/aromatic N) is 2. The molecule has 2 aliphatic heterocycles. The van der Waals surface area contributed by atoms with E-state index < -0.39 is 41.9 Å². The predicted octanol–water partition coefficient (Wildman–Crippen LogP) is 1.77. The Morgan fingerprint density at radius 3 is 2.50 bits per heavy atom. The molecular weight excluding hydrogens is 442 g/mol. The van der Waals surface area contributed by atoms with Crippen LogP contribution in [-0.2, 0) is 30.3 Å². The van der Waals surface area contributed by atoms with E-state index in [2.05, 4.69) is 5.32 Å². The molecule has 10 heteroatoms. The van der Waals surface area contributed by atoms with Crippen LogP contribution in [0.1, 0.15) is 45.1 Å². The summed E-state index contributed by atoms with van der Waals surface area (Å²) in [6, 6.07) is 7.38. The van der Waals surface area contributed by atoms with Crippen molar-refractivity contribution in [1.82, 2.24) is 15.1 Å². The summed E-state index contributed by atoms with van der Waals surface area (Å²) in [5.74, 6) is -1.71. The quantitative estimate of drug-likeness (QED) is 0.545. The Balaban J connectivity index is 2.14. The maximum atomic E-state index is 13.6. The zero-order chi connectivity index (χ0) is 24.9. The lowest BCUT2D eigenvalue weighted by molar-refractivity contribution is -0.170. The maximum absolute atomic E-state index is 13.6. The highest BCUT2D eigenvalue weighted by Crippen LogP contribution is 2.39. The molecule has 34 heavy (non-hydrogen) atoms. The summed E-state index contributed by atoms with van der Waals surface area (Å²) < 4.78 is 10.2. The first-order chi connectivity index (χ1) is 16.2. The summed E-state index contributed by atoms with van der Waals surface area (Å²) in [6.45, 7) is 3.71. The zero-order valence-electron chi connectivity index (χ0n) is 19.9. The third kappa shape index (κ3) is 5.16. The van der Waals surface area contributed by atoms with Crippen molar-refractivity contribution in [2.75, 3.05) is 20.2 Å². The van der Waals surface area contributed by atoms with E-state index in [1.807, 2.05) is 30.3 Å². The van der Waals surface area contributed by atoms with Crippen LogP contribution in [0.2, 0.25) is 0 Å². The van der Waals surface area contributed by atoms with Crippen molar-refractivity contribution < 1.29 is 33.8 Å². The van der Waals surface area contributed by atoms with Gasteiger partial charge in [0, 0.05) is 19.9 Å². The van der Waals surface area contributed by atoms with Crippen LogP contribution < -0.4 is 5.32 Å². The van der Waals surface area contributed by atoms with Crippen molar-refractivity contribution in [3.8, 4) is 0 Å². The van der Waals surface area contributed by atoms with Crippen LogP contribution in [0.15, 0.2) is 30.3 Å². The van der Waals surface area contributed by atoms with Gasteiger partial charge in [-0.2, -0.15) is 0 Å². The van der Waals surface area contributed by atoms with Crippen molar-refractivity contribution in [1.29, 1.82) is 0 Å². The van der Waals surface area contributed by atoms with Crippen molar-refractivity contribution in [3.05, 3.63) is 35.9 Å². The average Bonchev–Trinajstić information content (AvgIpc) is 3.47. The number of benzene rings is 1. The van der Waals surface area contributed by atoms with Gasteiger partial charge in [0.05, 0.1) is 13.2 Å². The van der Waals surface area contributed by atoms with Crippen molar-refractivity contribution in [3.63, 3.8) is 0 Å². The molecule has 186 valence electrons. The lowest BCUT2D eigenvalue weighted by Crippen LogP contribution is -2.69. The molecular formula is C24H33N3O7. The lowest BCUT2D eigenvalue weighted by Gasteiger charge is -2.49. The Morgan fingerprint density at radius 1 is 1.24 bits per heavy atom. The van der Waals surface area contributed by atoms with E-state index >= 15 is 0 Å². The molecule has 0 aromatic heterocycles. The Hall–Kier alpha value is -3.14. The molecule has 1 aromatic carbocycles. The van der Waals surface area contributed by atoms with Gasteiger partial charge in [-0.15, -0.1) is 0 Å². The summed E-state index contributed by atoms with van der Waals surface area (Å²) in [6.07, 6.45) is 0.0535. The Bertz CT molecular complexity index is 903. The van der Waals surface area contributed by atoms with Gasteiger partial charge < -0.3 is 24.8 Å². The summed E-state index contributed by atoms with van der Waals surface area (Å²) in [4.78, 5) is 53.7. The Labute approximate surface area is 199 Å². The second-order valence-corrected chi connectivity index (χ2v) is 8.82. The number of carboxylic acid groups (broad SMARTS) is 1. The van der Waals surface area contributed by atoms with Gasteiger partial charge in [0.2, 0.25) is 5.91 Å². The summed E-state index contributed by atoms with van der Waals surface area (Å²) in [5, 5.41) is 13.7. The fraction of sp³-hybridized carbons (Fsp3) is 0.583. The van der Waals surface area contributed by atoms with Crippen LogP contribution in [0.5, 0.6) is 0 Å². The van der Waals surface area contributed by atoms with Gasteiger partial charge in [-0.3, -0.25) is 14.5 Å². The second kappa shape index (κ2) is 10.9. The third-order valence-corrected chi connectivity index (χ3v) is 6.59. The second-order valence-electron chi connectivity index (χ2n) is 8.82. The fourth-order valence-electron chi connectivity index (χ4n) is 5.21. The lowest BCUT2D eigenvalue weighted by atomic mass is 9.91. The molecule has 0 saturated carbocycles. The largest absolute Gasteiger partial charge is 0.467 e. The van der Waals surface area contributed by atoms with Gasteiger partial charge in [-0.25, -0.2) is 9.59 Å². The normalized spacial score (nSPS) is 23.7. The molecule has 0 unspecified atom stereocenters. The molecule has 2 fully saturated rings. The molecule has 2 aliphatic rings. The number of nitrogens with one attached hydrogen (secondary N) is 1. The summed E-state index contributed by atoms with van der Waals surface area (Å²) >= 11 is 0. The van der Waals surface area contributed by atoms with Gasteiger partial charge in [-0.05, 0) is 44.7 Å². The van der Waals surface area contributed by atoms with Gasteiger partial charge in [-0.1, -0.05) is 30.3 Å². The van der Waals surface area contributed by atoms with Crippen LogP contribution in [0.3, 0.4) is 0 Å². The molecule has 2 amide bonds. The zero-order valence-corrected chi connectivity index (χ0v) is 19.9. The predicted molar refractivity (Wildman–Crippen MR) is 122 cm³/mol. The summed E-state index contributed by atoms with van der Waals surface area (Å²) in [7, 11) is 1.15. The van der Waals surface area contributed by atoms with Crippen LogP contribution in [0.25, 0.3) is 0 Å². The molecule has 0 radical (unpaired) electrons. The molecule has 0 aliphatic carbocycles. The number of carbonyl (C=O) groups excluding carboxylic acids is 3. The topological polar surface area (TPSA) is 125 Å². The van der Waals surface area contributed by atoms with E-state index in [1.165, 1.54) is 13.8 Å². The molecule has 0 bridgehead atoms. The first-order valence-electron chi connectivity index (χ1n) is 11.6. The van der Waals surface area contributed by atoms with E-state index in [9.17, 15) is 24.3 Å². The number of hydrogen-bond acceptors (Lipinski definition) is 7. The van der Waals surface area contributed by atoms with Gasteiger partial charge in [0.1, 0.15) is 11.8 Å². The minimum absolute atomic E-state index is 0.179. The fourth-order valence-corrected chi connectivity index (χ4v) is 5.21. The van der Waals surface area contributed by atoms with E-state index in [-0.39, 0.29) is 12.3 Å². The van der Waals surface area contributed by atoms with Crippen molar-refractivity contribution in [2.24, 2.45) is 0 Å². The Kier molecular flexibility index (Phi) is 8.14. The number of methoxy groups -OCH3 is 1. The molecule has 2 N–H and O–H groups in total. The SMILES string of the molecule is COC(=O)[C@@H]([C@@H](C)OC(C)=O)N(C(=O)O)[C@@]1(Cc2ccccc2)CCCN1C(=O)[C@@H]1CCCN1. The highest BCUT2D eigenvalue weighted by Gasteiger charge is 2.56. The minimum Gasteiger partial charge on any atom is -0.467 e. The summed E-state index contributed by atoms with van der Waals surface area (Å²) in [5.41, 5.74) is -0.543. The minimum atomic E-state index is -1.46. The van der Waals surface area contributed by atoms with Gasteiger partial charge in [0.15, 0.2) is 6.04 Å². The van der Waals surface area contributed by atoms with Crippen LogP contribution >= 0.6 is 0 Å². The Morgan fingerprint density at radius 2 is 1.94 bits per heavy atom. The molecule has 10 nitrogen and oxygen atoms in total. The van der Waals surface area contributed by atoms with Crippen LogP contribution in [0.4, 0.5) is 4.79 Å². The molecule has 1 aromatic rings. The number of esters is 2. The van der Waals surface area contributed by atoms with E-state index in [0.717, 1.165) is 24.0 Å². The smallest absolute Gasteiger partial charge is 0.410 e. The number of likely N-dealkylation sites (tertiary alicyclic amines) is 1. The van der Waals surface area contributed by atoms with E-state index in [1.54, 1.807) is 4.90 Å². The van der Waals surface area contributed by atoms with E-state index in [0.29, 0.717) is 32.4 Å². The average molecular weight is 476 g/mol. The van der Waals surface area contributed by atoms with E-state index in [4.69, 9.17) is 9.47 Å². The molecule has 2 heterocycles. The standard InChI is InChI=1S/C24H33N3O7/c1-16(34-17(2)28)20(22(30)33-3)27(23(31)32)24(15-18-9-5-4-6-10-18)12-8-14-26(24)21(29)19-11-7-13-25-19/h4-6,9-10,16,19-20,25H,7-8,11-15H2,1-3H3,(H,31,32)/t16-,19+,20-,24-/m1/s1. The number of ether oxygens (including phenoxy) is 2. The molecule has 3 rings (SSSR count). The third-order valence-electron chi connectivity index (χ3n) is 6.59. The molecule has 0 spiro atoms. The number of carbonyl (C=O) groups is 4. The van der Waals surface area contributed by atoms with Crippen LogP contribution in [0, 0.1) is 0 Å². The maximum Gasteiger partial charge on any atom is 0.410 e. The number of hydrogen-bond donors (Lipinski definition) is 2. The molecule has 4 atom stereocenters. The molecule has 2 saturated heterocycles.